The molecule has 1 fully saturated rings. The van der Waals surface area contributed by atoms with Gasteiger partial charge < -0.3 is 9.47 Å². The highest BCUT2D eigenvalue weighted by Gasteiger charge is 2.59. The molecular weight excluding hydrogens is 420 g/mol. The molecule has 32 heavy (non-hydrogen) atoms. The fourth-order valence-corrected chi connectivity index (χ4v) is 3.78. The number of benzene rings is 2. The molecule has 164 valence electrons. The standard InChI is InChI=1S/C21H18N4O7/c1-3-32-21(28)17-16-18(24(22-17)12-8-10-13(11-9-12)25(29)30)20(27)23(19(16)26)14-6-4-5-7-15(14)31-2/h4-11,16,18H,3H2,1-2H3/t16-,18-/m0/s1. The first-order valence-corrected chi connectivity index (χ1v) is 9.69. The van der Waals surface area contributed by atoms with Gasteiger partial charge in [0.2, 0.25) is 5.91 Å². The van der Waals surface area contributed by atoms with Crippen molar-refractivity contribution >= 4 is 40.6 Å². The number of nitrogens with zero attached hydrogens (tertiary/aromatic N) is 4. The number of carbonyl (C=O) groups is 3. The lowest BCUT2D eigenvalue weighted by atomic mass is 9.97. The quantitative estimate of drug-likeness (QED) is 0.289. The number of anilines is 2. The molecule has 0 radical (unpaired) electrons. The van der Waals surface area contributed by atoms with Gasteiger partial charge in [-0.2, -0.15) is 5.10 Å². The summed E-state index contributed by atoms with van der Waals surface area (Å²) in [6, 6.07) is 10.7. The highest BCUT2D eigenvalue weighted by Crippen LogP contribution is 2.40. The molecule has 2 amide bonds. The zero-order valence-corrected chi connectivity index (χ0v) is 17.1. The molecular formula is C21H18N4O7. The summed E-state index contributed by atoms with van der Waals surface area (Å²) in [4.78, 5) is 50.7. The van der Waals surface area contributed by atoms with Gasteiger partial charge in [-0.3, -0.25) is 24.7 Å². The number of carbonyl (C=O) groups excluding carboxylic acids is 3. The van der Waals surface area contributed by atoms with Crippen LogP contribution in [0, 0.1) is 16.0 Å². The maximum atomic E-state index is 13.4. The van der Waals surface area contributed by atoms with Gasteiger partial charge in [0.05, 0.1) is 30.0 Å². The zero-order valence-electron chi connectivity index (χ0n) is 17.1. The van der Waals surface area contributed by atoms with E-state index in [-0.39, 0.29) is 23.7 Å². The summed E-state index contributed by atoms with van der Waals surface area (Å²) in [5.74, 6) is -2.94. The Bertz CT molecular complexity index is 1150. The van der Waals surface area contributed by atoms with E-state index in [9.17, 15) is 24.5 Å². The van der Waals surface area contributed by atoms with Crippen LogP contribution in [-0.2, 0) is 19.1 Å². The van der Waals surface area contributed by atoms with Crippen molar-refractivity contribution in [1.82, 2.24) is 0 Å². The molecule has 4 rings (SSSR count). The topological polar surface area (TPSA) is 132 Å². The third-order valence-electron chi connectivity index (χ3n) is 5.18. The maximum absolute atomic E-state index is 13.4. The van der Waals surface area contributed by atoms with Crippen LogP contribution >= 0.6 is 0 Å². The average molecular weight is 438 g/mol. The second-order valence-electron chi connectivity index (χ2n) is 6.93. The predicted molar refractivity (Wildman–Crippen MR) is 112 cm³/mol. The van der Waals surface area contributed by atoms with E-state index in [1.165, 1.54) is 36.4 Å². The molecule has 2 aromatic rings. The van der Waals surface area contributed by atoms with Crippen molar-refractivity contribution in [3.05, 3.63) is 58.6 Å². The molecule has 2 aromatic carbocycles. The Morgan fingerprint density at radius 2 is 1.81 bits per heavy atom. The summed E-state index contributed by atoms with van der Waals surface area (Å²) in [6.45, 7) is 1.67. The highest BCUT2D eigenvalue weighted by molar-refractivity contribution is 6.47. The molecule has 0 aromatic heterocycles. The van der Waals surface area contributed by atoms with Crippen LogP contribution in [0.3, 0.4) is 0 Å². The first-order chi connectivity index (χ1) is 15.4. The summed E-state index contributed by atoms with van der Waals surface area (Å²) >= 11 is 0. The van der Waals surface area contributed by atoms with E-state index in [1.54, 1.807) is 31.2 Å². The minimum absolute atomic E-state index is 0.0606. The molecule has 0 aliphatic carbocycles. The minimum atomic E-state index is -1.19. The van der Waals surface area contributed by atoms with Gasteiger partial charge in [-0.25, -0.2) is 9.69 Å². The van der Waals surface area contributed by atoms with E-state index in [2.05, 4.69) is 5.10 Å². The van der Waals surface area contributed by atoms with Gasteiger partial charge in [0.25, 0.3) is 11.6 Å². The summed E-state index contributed by atoms with van der Waals surface area (Å²) in [5.41, 5.74) is 0.203. The number of nitro groups is 1. The number of nitro benzene ring substituents is 1. The molecule has 2 aliphatic rings. The third kappa shape index (κ3) is 3.23. The summed E-state index contributed by atoms with van der Waals surface area (Å²) in [5, 5.41) is 16.4. The number of imide groups is 1. The smallest absolute Gasteiger partial charge is 0.355 e. The van der Waals surface area contributed by atoms with Crippen LogP contribution in [0.15, 0.2) is 53.6 Å². The Hall–Kier alpha value is -4.28. The first kappa shape index (κ1) is 21.0. The van der Waals surface area contributed by atoms with Gasteiger partial charge in [0, 0.05) is 12.1 Å². The van der Waals surface area contributed by atoms with E-state index in [4.69, 9.17) is 9.47 Å². The predicted octanol–water partition coefficient (Wildman–Crippen LogP) is 1.90. The number of ether oxygens (including phenoxy) is 2. The molecule has 0 spiro atoms. The number of amides is 2. The zero-order chi connectivity index (χ0) is 23.0. The lowest BCUT2D eigenvalue weighted by Gasteiger charge is -2.22. The minimum Gasteiger partial charge on any atom is -0.495 e. The van der Waals surface area contributed by atoms with Gasteiger partial charge in [0.1, 0.15) is 17.7 Å². The summed E-state index contributed by atoms with van der Waals surface area (Å²) in [6.07, 6.45) is 0. The fourth-order valence-electron chi connectivity index (χ4n) is 3.78. The van der Waals surface area contributed by atoms with Crippen molar-refractivity contribution < 1.29 is 28.8 Å². The number of fused-ring (bicyclic) bond motifs is 1. The van der Waals surface area contributed by atoms with Crippen molar-refractivity contribution in [2.75, 3.05) is 23.6 Å². The molecule has 2 aliphatic heterocycles. The van der Waals surface area contributed by atoms with Gasteiger partial charge in [-0.05, 0) is 31.2 Å². The van der Waals surface area contributed by atoms with Crippen molar-refractivity contribution in [3.63, 3.8) is 0 Å². The number of hydrogen-bond donors (Lipinski definition) is 0. The van der Waals surface area contributed by atoms with Crippen LogP contribution in [0.5, 0.6) is 5.75 Å². The summed E-state index contributed by atoms with van der Waals surface area (Å²) < 4.78 is 10.3. The van der Waals surface area contributed by atoms with E-state index in [0.29, 0.717) is 11.4 Å². The molecule has 2 heterocycles. The Balaban J connectivity index is 1.79. The van der Waals surface area contributed by atoms with E-state index < -0.39 is 34.7 Å². The van der Waals surface area contributed by atoms with Crippen molar-refractivity contribution in [2.24, 2.45) is 11.0 Å². The molecule has 2 atom stereocenters. The second kappa shape index (κ2) is 8.10. The van der Waals surface area contributed by atoms with Crippen molar-refractivity contribution in [3.8, 4) is 5.75 Å². The van der Waals surface area contributed by atoms with E-state index in [0.717, 1.165) is 4.90 Å². The SMILES string of the molecule is CCOC(=O)C1=NN(c2ccc([N+](=O)[O-])cc2)[C@@H]2C(=O)N(c3ccccc3OC)C(=O)[C@@H]12. The lowest BCUT2D eigenvalue weighted by Crippen LogP contribution is -2.39. The Morgan fingerprint density at radius 1 is 1.12 bits per heavy atom. The number of hydrazone groups is 1. The number of para-hydroxylation sites is 2. The Morgan fingerprint density at radius 3 is 2.44 bits per heavy atom. The molecule has 11 heteroatoms. The van der Waals surface area contributed by atoms with Gasteiger partial charge in [-0.15, -0.1) is 0 Å². The molecule has 0 bridgehead atoms. The van der Waals surface area contributed by atoms with E-state index >= 15 is 0 Å². The van der Waals surface area contributed by atoms with Crippen molar-refractivity contribution in [1.29, 1.82) is 0 Å². The number of methoxy groups -OCH3 is 1. The van der Waals surface area contributed by atoms with Gasteiger partial charge in [-0.1, -0.05) is 12.1 Å². The third-order valence-corrected chi connectivity index (χ3v) is 5.18. The lowest BCUT2D eigenvalue weighted by molar-refractivity contribution is -0.384. The van der Waals surface area contributed by atoms with E-state index in [1.807, 2.05) is 0 Å². The highest BCUT2D eigenvalue weighted by atomic mass is 16.6. The number of rotatable bonds is 6. The van der Waals surface area contributed by atoms with Crippen LogP contribution in [0.4, 0.5) is 17.1 Å². The van der Waals surface area contributed by atoms with Crippen molar-refractivity contribution in [2.45, 2.75) is 13.0 Å². The van der Waals surface area contributed by atoms with Crippen LogP contribution in [0.1, 0.15) is 6.92 Å². The average Bonchev–Trinajstić information content (AvgIpc) is 3.31. The molecule has 0 saturated carbocycles. The largest absolute Gasteiger partial charge is 0.495 e. The fraction of sp³-hybridized carbons (Fsp3) is 0.238. The number of esters is 1. The molecule has 11 nitrogen and oxygen atoms in total. The monoisotopic (exact) mass is 438 g/mol. The normalized spacial score (nSPS) is 19.6. The van der Waals surface area contributed by atoms with Crippen LogP contribution < -0.4 is 14.6 Å². The number of hydrogen-bond acceptors (Lipinski definition) is 9. The van der Waals surface area contributed by atoms with Crippen LogP contribution in [-0.4, -0.2) is 48.2 Å². The molecule has 1 saturated heterocycles. The maximum Gasteiger partial charge on any atom is 0.355 e. The molecule has 0 N–H and O–H groups in total. The first-order valence-electron chi connectivity index (χ1n) is 9.69. The number of non-ortho nitro benzene ring substituents is 1. The molecule has 0 unspecified atom stereocenters. The Labute approximate surface area is 182 Å². The van der Waals surface area contributed by atoms with Crippen LogP contribution in [0.25, 0.3) is 0 Å². The van der Waals surface area contributed by atoms with Gasteiger partial charge in [0.15, 0.2) is 5.71 Å². The van der Waals surface area contributed by atoms with Gasteiger partial charge >= 0.3 is 5.97 Å². The Kier molecular flexibility index (Phi) is 5.31. The summed E-state index contributed by atoms with van der Waals surface area (Å²) in [7, 11) is 1.42. The second-order valence-corrected chi connectivity index (χ2v) is 6.93. The van der Waals surface area contributed by atoms with Crippen LogP contribution in [0.2, 0.25) is 0 Å².